The molecule has 1 N–H and O–H groups in total. The summed E-state index contributed by atoms with van der Waals surface area (Å²) in [6, 6.07) is 9.58. The van der Waals surface area contributed by atoms with Gasteiger partial charge in [0.15, 0.2) is 6.61 Å². The van der Waals surface area contributed by atoms with Crippen molar-refractivity contribution >= 4 is 35.0 Å². The molecule has 0 bridgehead atoms. The summed E-state index contributed by atoms with van der Waals surface area (Å²) in [6.45, 7) is 3.91. The number of nitrogens with one attached hydrogen (secondary N) is 1. The molecule has 2 aromatic rings. The summed E-state index contributed by atoms with van der Waals surface area (Å²) in [4.78, 5) is 23.6. The number of thiophene rings is 1. The number of amides is 1. The Morgan fingerprint density at radius 2 is 2.08 bits per heavy atom. The molecule has 126 valence electrons. The van der Waals surface area contributed by atoms with Gasteiger partial charge >= 0.3 is 5.97 Å². The number of anilines is 1. The first-order chi connectivity index (χ1) is 11.6. The number of para-hydroxylation sites is 1. The first-order valence-electron chi connectivity index (χ1n) is 7.86. The average Bonchev–Trinajstić information content (AvgIpc) is 3.11. The van der Waals surface area contributed by atoms with Gasteiger partial charge in [-0.3, -0.25) is 4.79 Å². The van der Waals surface area contributed by atoms with Crippen LogP contribution in [0.3, 0.4) is 0 Å². The third kappa shape index (κ3) is 5.35. The monoisotopic (exact) mass is 343 g/mol. The van der Waals surface area contributed by atoms with Gasteiger partial charge in [0.05, 0.1) is 0 Å². The van der Waals surface area contributed by atoms with Crippen molar-refractivity contribution in [2.75, 3.05) is 11.9 Å². The Hall–Kier alpha value is -2.40. The first kappa shape index (κ1) is 17.9. The Kier molecular flexibility index (Phi) is 6.75. The van der Waals surface area contributed by atoms with Gasteiger partial charge in [-0.2, -0.15) is 11.3 Å². The van der Waals surface area contributed by atoms with Gasteiger partial charge in [0.25, 0.3) is 5.91 Å². The zero-order valence-corrected chi connectivity index (χ0v) is 14.6. The van der Waals surface area contributed by atoms with Crippen LogP contribution in [0.5, 0.6) is 0 Å². The van der Waals surface area contributed by atoms with Gasteiger partial charge in [-0.1, -0.05) is 32.0 Å². The van der Waals surface area contributed by atoms with Crippen molar-refractivity contribution < 1.29 is 14.3 Å². The summed E-state index contributed by atoms with van der Waals surface area (Å²) >= 11 is 1.55. The lowest BCUT2D eigenvalue weighted by Gasteiger charge is -2.15. The van der Waals surface area contributed by atoms with E-state index < -0.39 is 5.97 Å². The quantitative estimate of drug-likeness (QED) is 0.596. The fourth-order valence-electron chi connectivity index (χ4n) is 2.17. The minimum Gasteiger partial charge on any atom is -0.452 e. The summed E-state index contributed by atoms with van der Waals surface area (Å²) in [5, 5.41) is 6.65. The van der Waals surface area contributed by atoms with E-state index in [9.17, 15) is 9.59 Å². The summed E-state index contributed by atoms with van der Waals surface area (Å²) in [7, 11) is 0. The Bertz CT molecular complexity index is 707. The second-order valence-electron chi connectivity index (χ2n) is 5.44. The minimum atomic E-state index is -0.536. The van der Waals surface area contributed by atoms with Gasteiger partial charge in [-0.05, 0) is 52.4 Å². The first-order valence-corrected chi connectivity index (χ1v) is 8.80. The molecule has 0 aliphatic rings. The van der Waals surface area contributed by atoms with Crippen LogP contribution in [-0.2, 0) is 14.3 Å². The minimum absolute atomic E-state index is 0.304. The molecule has 1 heterocycles. The molecule has 0 spiro atoms. The van der Waals surface area contributed by atoms with Crippen molar-refractivity contribution in [3.05, 3.63) is 58.3 Å². The molecule has 0 unspecified atom stereocenters. The standard InChI is InChI=1S/C19H21NO3S/c1-3-14(2)16-6-4-5-7-17(16)20-18(21)12-23-19(22)9-8-15-10-11-24-13-15/h4-11,13-14H,3,12H2,1-2H3,(H,20,21)/b9-8+/t14-/m0/s1. The maximum atomic E-state index is 12.0. The van der Waals surface area contributed by atoms with Gasteiger partial charge in [-0.25, -0.2) is 4.79 Å². The molecule has 0 aliphatic heterocycles. The molecule has 0 saturated carbocycles. The predicted molar refractivity (Wildman–Crippen MR) is 98.1 cm³/mol. The highest BCUT2D eigenvalue weighted by Crippen LogP contribution is 2.26. The number of hydrogen-bond acceptors (Lipinski definition) is 4. The topological polar surface area (TPSA) is 55.4 Å². The highest BCUT2D eigenvalue weighted by Gasteiger charge is 2.12. The van der Waals surface area contributed by atoms with E-state index in [4.69, 9.17) is 4.74 Å². The second-order valence-corrected chi connectivity index (χ2v) is 6.22. The van der Waals surface area contributed by atoms with Crippen LogP contribution in [-0.4, -0.2) is 18.5 Å². The maximum absolute atomic E-state index is 12.0. The van der Waals surface area contributed by atoms with Crippen molar-refractivity contribution in [2.24, 2.45) is 0 Å². The average molecular weight is 343 g/mol. The van der Waals surface area contributed by atoms with Crippen LogP contribution >= 0.6 is 11.3 Å². The summed E-state index contributed by atoms with van der Waals surface area (Å²) in [5.41, 5.74) is 2.78. The Labute approximate surface area is 146 Å². The van der Waals surface area contributed by atoms with Crippen LogP contribution in [0.15, 0.2) is 47.2 Å². The molecule has 24 heavy (non-hydrogen) atoms. The Balaban J connectivity index is 1.86. The molecular formula is C19H21NO3S. The third-order valence-corrected chi connectivity index (χ3v) is 4.38. The second kappa shape index (κ2) is 9.03. The van der Waals surface area contributed by atoms with Crippen LogP contribution in [0, 0.1) is 0 Å². The zero-order chi connectivity index (χ0) is 17.4. The van der Waals surface area contributed by atoms with E-state index in [2.05, 4.69) is 19.2 Å². The molecule has 0 fully saturated rings. The van der Waals surface area contributed by atoms with Crippen LogP contribution in [0.4, 0.5) is 5.69 Å². The number of esters is 1. The number of carbonyl (C=O) groups is 2. The van der Waals surface area contributed by atoms with Crippen molar-refractivity contribution in [3.8, 4) is 0 Å². The number of ether oxygens (including phenoxy) is 1. The maximum Gasteiger partial charge on any atom is 0.331 e. The summed E-state index contributed by atoms with van der Waals surface area (Å²) in [5.74, 6) is -0.535. The molecule has 4 nitrogen and oxygen atoms in total. The number of rotatable bonds is 7. The third-order valence-electron chi connectivity index (χ3n) is 3.68. The van der Waals surface area contributed by atoms with Crippen LogP contribution in [0.25, 0.3) is 6.08 Å². The largest absolute Gasteiger partial charge is 0.452 e. The van der Waals surface area contributed by atoms with Crippen molar-refractivity contribution in [3.63, 3.8) is 0 Å². The van der Waals surface area contributed by atoms with Gasteiger partial charge in [0.2, 0.25) is 0 Å². The van der Waals surface area contributed by atoms with E-state index in [0.29, 0.717) is 5.92 Å². The van der Waals surface area contributed by atoms with Gasteiger partial charge in [0, 0.05) is 11.8 Å². The number of carbonyl (C=O) groups excluding carboxylic acids is 2. The van der Waals surface area contributed by atoms with Gasteiger partial charge in [0.1, 0.15) is 0 Å². The van der Waals surface area contributed by atoms with E-state index in [1.807, 2.05) is 41.1 Å². The van der Waals surface area contributed by atoms with E-state index in [-0.39, 0.29) is 12.5 Å². The highest BCUT2D eigenvalue weighted by molar-refractivity contribution is 7.08. The molecule has 1 aromatic heterocycles. The molecule has 0 radical (unpaired) electrons. The van der Waals surface area contributed by atoms with Crippen molar-refractivity contribution in [1.82, 2.24) is 0 Å². The fraction of sp³-hybridized carbons (Fsp3) is 0.263. The Morgan fingerprint density at radius 3 is 2.79 bits per heavy atom. The molecule has 2 rings (SSSR count). The lowest BCUT2D eigenvalue weighted by atomic mass is 9.97. The SMILES string of the molecule is CC[C@H](C)c1ccccc1NC(=O)COC(=O)/C=C/c1ccsc1. The van der Waals surface area contributed by atoms with Crippen LogP contribution in [0.1, 0.15) is 37.3 Å². The van der Waals surface area contributed by atoms with E-state index in [1.54, 1.807) is 17.4 Å². The molecule has 5 heteroatoms. The fourth-order valence-corrected chi connectivity index (χ4v) is 2.79. The van der Waals surface area contributed by atoms with E-state index in [1.165, 1.54) is 6.08 Å². The molecule has 1 aromatic carbocycles. The van der Waals surface area contributed by atoms with Crippen LogP contribution < -0.4 is 5.32 Å². The molecular weight excluding hydrogens is 322 g/mol. The molecule has 0 aliphatic carbocycles. The van der Waals surface area contributed by atoms with Crippen molar-refractivity contribution in [1.29, 1.82) is 0 Å². The molecule has 0 saturated heterocycles. The molecule has 1 atom stereocenters. The van der Waals surface area contributed by atoms with E-state index in [0.717, 1.165) is 23.2 Å². The zero-order valence-electron chi connectivity index (χ0n) is 13.8. The van der Waals surface area contributed by atoms with Gasteiger partial charge in [-0.15, -0.1) is 0 Å². The highest BCUT2D eigenvalue weighted by atomic mass is 32.1. The van der Waals surface area contributed by atoms with Crippen LogP contribution in [0.2, 0.25) is 0 Å². The van der Waals surface area contributed by atoms with E-state index >= 15 is 0 Å². The van der Waals surface area contributed by atoms with Crippen molar-refractivity contribution in [2.45, 2.75) is 26.2 Å². The summed E-state index contributed by atoms with van der Waals surface area (Å²) in [6.07, 6.45) is 3.96. The Morgan fingerprint density at radius 1 is 1.29 bits per heavy atom. The summed E-state index contributed by atoms with van der Waals surface area (Å²) < 4.78 is 4.97. The number of benzene rings is 1. The number of hydrogen-bond donors (Lipinski definition) is 1. The molecule has 1 amide bonds. The lowest BCUT2D eigenvalue weighted by Crippen LogP contribution is -2.21. The lowest BCUT2D eigenvalue weighted by molar-refractivity contribution is -0.142. The predicted octanol–water partition coefficient (Wildman–Crippen LogP) is 4.46. The van der Waals surface area contributed by atoms with Gasteiger partial charge < -0.3 is 10.1 Å². The normalized spacial score (nSPS) is 12.1. The smallest absolute Gasteiger partial charge is 0.331 e.